The molecule has 0 N–H and O–H groups in total. The van der Waals surface area contributed by atoms with E-state index in [2.05, 4.69) is 20.9 Å². The standard InChI is InChI=1S/C13H12BrNO4S/c1-18-10-4-7(3-9(14)12(10)19-2)13-15-8(6-20-13)5-11(16)17/h3-4,6H,5H2,1-2H3,(H,16,17)/p-1. The molecule has 0 bridgehead atoms. The highest BCUT2D eigenvalue weighted by atomic mass is 79.9. The lowest BCUT2D eigenvalue weighted by Crippen LogP contribution is -2.24. The number of ether oxygens (including phenoxy) is 2. The van der Waals surface area contributed by atoms with Crippen LogP contribution in [0.5, 0.6) is 11.5 Å². The maximum Gasteiger partial charge on any atom is 0.174 e. The lowest BCUT2D eigenvalue weighted by molar-refractivity contribution is -0.304. The van der Waals surface area contributed by atoms with Crippen LogP contribution in [0.15, 0.2) is 22.0 Å². The molecule has 0 aliphatic heterocycles. The summed E-state index contributed by atoms with van der Waals surface area (Å²) in [6.07, 6.45) is -0.190. The summed E-state index contributed by atoms with van der Waals surface area (Å²) in [5.74, 6) is 0.0339. The second-order valence-electron chi connectivity index (χ2n) is 3.89. The SMILES string of the molecule is COc1cc(-c2nc(CC(=O)[O-])cs2)cc(Br)c1OC. The minimum Gasteiger partial charge on any atom is -0.550 e. The van der Waals surface area contributed by atoms with Crippen LogP contribution in [0.3, 0.4) is 0 Å². The van der Waals surface area contributed by atoms with Crippen molar-refractivity contribution < 1.29 is 19.4 Å². The maximum absolute atomic E-state index is 10.6. The van der Waals surface area contributed by atoms with E-state index in [9.17, 15) is 9.90 Å². The summed E-state index contributed by atoms with van der Waals surface area (Å²) in [4.78, 5) is 14.8. The molecule has 20 heavy (non-hydrogen) atoms. The van der Waals surface area contributed by atoms with Crippen molar-refractivity contribution in [2.24, 2.45) is 0 Å². The molecular weight excluding hydrogens is 346 g/mol. The van der Waals surface area contributed by atoms with Gasteiger partial charge < -0.3 is 19.4 Å². The van der Waals surface area contributed by atoms with Crippen molar-refractivity contribution in [1.29, 1.82) is 0 Å². The normalized spacial score (nSPS) is 10.3. The Hall–Kier alpha value is -1.60. The molecule has 0 aliphatic rings. The molecule has 0 spiro atoms. The van der Waals surface area contributed by atoms with E-state index in [1.807, 2.05) is 6.07 Å². The number of hydrogen-bond acceptors (Lipinski definition) is 6. The monoisotopic (exact) mass is 356 g/mol. The number of benzene rings is 1. The number of hydrogen-bond donors (Lipinski definition) is 0. The summed E-state index contributed by atoms with van der Waals surface area (Å²) >= 11 is 4.78. The summed E-state index contributed by atoms with van der Waals surface area (Å²) in [6.45, 7) is 0. The van der Waals surface area contributed by atoms with Crippen LogP contribution >= 0.6 is 27.3 Å². The Kier molecular flexibility index (Phi) is 4.61. The van der Waals surface area contributed by atoms with Gasteiger partial charge in [-0.05, 0) is 28.1 Å². The fourth-order valence-corrected chi connectivity index (χ4v) is 3.12. The average Bonchev–Trinajstić information content (AvgIpc) is 2.85. The summed E-state index contributed by atoms with van der Waals surface area (Å²) in [6, 6.07) is 3.65. The largest absolute Gasteiger partial charge is 0.550 e. The van der Waals surface area contributed by atoms with Gasteiger partial charge in [-0.2, -0.15) is 0 Å². The fourth-order valence-electron chi connectivity index (χ4n) is 1.71. The number of aromatic nitrogens is 1. The highest BCUT2D eigenvalue weighted by Gasteiger charge is 2.13. The second kappa shape index (κ2) is 6.23. The van der Waals surface area contributed by atoms with Gasteiger partial charge in [0.25, 0.3) is 0 Å². The van der Waals surface area contributed by atoms with Gasteiger partial charge in [-0.25, -0.2) is 4.98 Å². The number of aliphatic carboxylic acids is 1. The van der Waals surface area contributed by atoms with Gasteiger partial charge in [-0.1, -0.05) is 0 Å². The smallest absolute Gasteiger partial charge is 0.174 e. The quantitative estimate of drug-likeness (QED) is 0.817. The Labute approximate surface area is 128 Å². The molecule has 2 rings (SSSR count). The average molecular weight is 357 g/mol. The molecule has 0 saturated heterocycles. The van der Waals surface area contributed by atoms with Crippen molar-refractivity contribution in [2.75, 3.05) is 14.2 Å². The van der Waals surface area contributed by atoms with Crippen LogP contribution in [-0.4, -0.2) is 25.2 Å². The summed E-state index contributed by atoms with van der Waals surface area (Å²) in [5, 5.41) is 13.0. The lowest BCUT2D eigenvalue weighted by Gasteiger charge is -2.10. The van der Waals surface area contributed by atoms with Gasteiger partial charge in [0, 0.05) is 23.3 Å². The van der Waals surface area contributed by atoms with Crippen molar-refractivity contribution in [3.05, 3.63) is 27.7 Å². The van der Waals surface area contributed by atoms with E-state index < -0.39 is 5.97 Å². The first kappa shape index (κ1) is 14.8. The number of thiazole rings is 1. The molecule has 0 amide bonds. The Morgan fingerprint density at radius 3 is 2.75 bits per heavy atom. The molecule has 0 fully saturated rings. The molecule has 0 aliphatic carbocycles. The number of carbonyl (C=O) groups excluding carboxylic acids is 1. The number of rotatable bonds is 5. The predicted molar refractivity (Wildman–Crippen MR) is 77.1 cm³/mol. The number of methoxy groups -OCH3 is 2. The van der Waals surface area contributed by atoms with Gasteiger partial charge in [-0.3, -0.25) is 0 Å². The molecule has 106 valence electrons. The number of halogens is 1. The van der Waals surface area contributed by atoms with Crippen LogP contribution in [0.4, 0.5) is 0 Å². The van der Waals surface area contributed by atoms with Gasteiger partial charge in [0.15, 0.2) is 11.5 Å². The zero-order valence-electron chi connectivity index (χ0n) is 10.8. The summed E-state index contributed by atoms with van der Waals surface area (Å²) < 4.78 is 11.3. The van der Waals surface area contributed by atoms with Crippen LogP contribution in [0.25, 0.3) is 10.6 Å². The van der Waals surface area contributed by atoms with Crippen molar-refractivity contribution in [3.63, 3.8) is 0 Å². The molecule has 0 saturated carbocycles. The van der Waals surface area contributed by atoms with E-state index in [0.717, 1.165) is 10.0 Å². The first-order chi connectivity index (χ1) is 9.55. The Morgan fingerprint density at radius 2 is 2.15 bits per heavy atom. The number of nitrogens with zero attached hydrogens (tertiary/aromatic N) is 1. The predicted octanol–water partition coefficient (Wildman–Crippen LogP) is 1.88. The maximum atomic E-state index is 10.6. The lowest BCUT2D eigenvalue weighted by atomic mass is 10.2. The topological polar surface area (TPSA) is 71.5 Å². The third kappa shape index (κ3) is 3.10. The molecule has 1 aromatic heterocycles. The van der Waals surface area contributed by atoms with Crippen LogP contribution in [0.1, 0.15) is 5.69 Å². The first-order valence-electron chi connectivity index (χ1n) is 5.61. The number of carboxylic acids is 1. The number of carbonyl (C=O) groups is 1. The Morgan fingerprint density at radius 1 is 1.40 bits per heavy atom. The van der Waals surface area contributed by atoms with Crippen molar-refractivity contribution >= 4 is 33.2 Å². The highest BCUT2D eigenvalue weighted by molar-refractivity contribution is 9.10. The van der Waals surface area contributed by atoms with E-state index in [1.54, 1.807) is 25.7 Å². The van der Waals surface area contributed by atoms with Gasteiger partial charge in [0.05, 0.1) is 24.4 Å². The van der Waals surface area contributed by atoms with Crippen molar-refractivity contribution in [3.8, 4) is 22.1 Å². The molecule has 2 aromatic rings. The molecule has 5 nitrogen and oxygen atoms in total. The fraction of sp³-hybridized carbons (Fsp3) is 0.231. The van der Waals surface area contributed by atoms with E-state index in [-0.39, 0.29) is 6.42 Å². The molecule has 1 heterocycles. The third-order valence-electron chi connectivity index (χ3n) is 2.56. The van der Waals surface area contributed by atoms with Crippen molar-refractivity contribution in [1.82, 2.24) is 4.98 Å². The van der Waals surface area contributed by atoms with Gasteiger partial charge in [0.2, 0.25) is 0 Å². The minimum atomic E-state index is -1.14. The first-order valence-corrected chi connectivity index (χ1v) is 7.28. The minimum absolute atomic E-state index is 0.190. The molecule has 1 aromatic carbocycles. The zero-order chi connectivity index (χ0) is 14.7. The summed E-state index contributed by atoms with van der Waals surface area (Å²) in [7, 11) is 3.11. The molecule has 7 heteroatoms. The highest BCUT2D eigenvalue weighted by Crippen LogP contribution is 2.40. The molecule has 0 atom stereocenters. The zero-order valence-corrected chi connectivity index (χ0v) is 13.2. The number of carboxylic acid groups (broad SMARTS) is 1. The van der Waals surface area contributed by atoms with Crippen LogP contribution in [-0.2, 0) is 11.2 Å². The molecule has 0 unspecified atom stereocenters. The van der Waals surface area contributed by atoms with E-state index in [1.165, 1.54) is 11.3 Å². The van der Waals surface area contributed by atoms with E-state index in [0.29, 0.717) is 22.2 Å². The van der Waals surface area contributed by atoms with Crippen LogP contribution in [0.2, 0.25) is 0 Å². The van der Waals surface area contributed by atoms with E-state index >= 15 is 0 Å². The Bertz CT molecular complexity index is 641. The van der Waals surface area contributed by atoms with Crippen LogP contribution < -0.4 is 14.6 Å². The van der Waals surface area contributed by atoms with Gasteiger partial charge >= 0.3 is 0 Å². The second-order valence-corrected chi connectivity index (χ2v) is 5.60. The summed E-state index contributed by atoms with van der Waals surface area (Å²) in [5.41, 5.74) is 1.31. The molecule has 0 radical (unpaired) electrons. The van der Waals surface area contributed by atoms with Gasteiger partial charge in [0.1, 0.15) is 5.01 Å². The third-order valence-corrected chi connectivity index (χ3v) is 4.09. The molecular formula is C13H11BrNO4S-. The Balaban J connectivity index is 2.40. The van der Waals surface area contributed by atoms with Gasteiger partial charge in [-0.15, -0.1) is 11.3 Å². The van der Waals surface area contributed by atoms with Crippen LogP contribution in [0, 0.1) is 0 Å². The van der Waals surface area contributed by atoms with Crippen molar-refractivity contribution in [2.45, 2.75) is 6.42 Å². The van der Waals surface area contributed by atoms with E-state index in [4.69, 9.17) is 9.47 Å².